The van der Waals surface area contributed by atoms with Crippen LogP contribution in [0.3, 0.4) is 0 Å². The summed E-state index contributed by atoms with van der Waals surface area (Å²) in [5.41, 5.74) is -0.484. The van der Waals surface area contributed by atoms with E-state index in [4.69, 9.17) is 4.74 Å². The molecule has 56 heavy (non-hydrogen) atoms. The topological polar surface area (TPSA) is 63.6 Å². The summed E-state index contributed by atoms with van der Waals surface area (Å²) in [5.74, 6) is 0.868. The molecule has 0 rings (SSSR count). The van der Waals surface area contributed by atoms with Gasteiger partial charge in [0.2, 0.25) is 0 Å². The van der Waals surface area contributed by atoms with Crippen molar-refractivity contribution in [3.63, 3.8) is 0 Å². The van der Waals surface area contributed by atoms with Gasteiger partial charge in [0.25, 0.3) is 0 Å². The number of aliphatic carboxylic acids is 1. The second-order valence-electron chi connectivity index (χ2n) is 18.3. The maximum absolute atomic E-state index is 12.4. The van der Waals surface area contributed by atoms with Gasteiger partial charge in [-0.25, -0.2) is 0 Å². The highest BCUT2D eigenvalue weighted by molar-refractivity contribution is 5.75. The fourth-order valence-corrected chi connectivity index (χ4v) is 8.72. The van der Waals surface area contributed by atoms with Crippen molar-refractivity contribution in [1.29, 1.82) is 0 Å². The van der Waals surface area contributed by atoms with Gasteiger partial charge in [0.15, 0.2) is 0 Å². The third-order valence-corrected chi connectivity index (χ3v) is 12.8. The third kappa shape index (κ3) is 33.9. The maximum Gasteiger partial charge on any atom is 0.309 e. The van der Waals surface area contributed by atoms with Crippen molar-refractivity contribution in [2.75, 3.05) is 6.61 Å². The maximum atomic E-state index is 12.4. The summed E-state index contributed by atoms with van der Waals surface area (Å²) in [4.78, 5) is 24.4. The number of carboxylic acid groups (broad SMARTS) is 1. The van der Waals surface area contributed by atoms with Crippen LogP contribution in [0, 0.1) is 23.2 Å². The molecule has 3 unspecified atom stereocenters. The summed E-state index contributed by atoms with van der Waals surface area (Å²) in [6.45, 7) is 18.4. The van der Waals surface area contributed by atoms with Crippen LogP contribution < -0.4 is 0 Å². The van der Waals surface area contributed by atoms with Crippen molar-refractivity contribution < 1.29 is 19.4 Å². The smallest absolute Gasteiger partial charge is 0.309 e. The van der Waals surface area contributed by atoms with Crippen LogP contribution >= 0.6 is 0 Å². The van der Waals surface area contributed by atoms with Crippen LogP contribution in [0.5, 0.6) is 0 Å². The van der Waals surface area contributed by atoms with Crippen LogP contribution in [0.2, 0.25) is 0 Å². The number of unbranched alkanes of at least 4 members (excludes halogenated alkanes) is 25. The molecule has 0 amide bonds. The van der Waals surface area contributed by atoms with E-state index in [9.17, 15) is 14.7 Å². The summed E-state index contributed by atoms with van der Waals surface area (Å²) < 4.78 is 5.47. The van der Waals surface area contributed by atoms with E-state index in [0.717, 1.165) is 76.5 Å². The molecule has 0 bridgehead atoms. The molecule has 0 saturated carbocycles. The fraction of sp³-hybridized carbons (Fsp3) is 0.962. The van der Waals surface area contributed by atoms with Crippen molar-refractivity contribution in [2.24, 2.45) is 23.2 Å². The molecule has 0 aromatic rings. The molecule has 0 aliphatic carbocycles. The Morgan fingerprint density at radius 1 is 0.464 bits per heavy atom. The lowest BCUT2D eigenvalue weighted by molar-refractivity contribution is -0.154. The molecule has 336 valence electrons. The number of esters is 1. The van der Waals surface area contributed by atoms with Crippen molar-refractivity contribution >= 4 is 11.9 Å². The van der Waals surface area contributed by atoms with Crippen LogP contribution in [0.25, 0.3) is 0 Å². The average Bonchev–Trinajstić information content (AvgIpc) is 3.18. The van der Waals surface area contributed by atoms with E-state index in [1.807, 2.05) is 0 Å². The van der Waals surface area contributed by atoms with Gasteiger partial charge in [0.05, 0.1) is 17.9 Å². The number of carbonyl (C=O) groups is 2. The van der Waals surface area contributed by atoms with Crippen molar-refractivity contribution in [1.82, 2.24) is 0 Å². The molecule has 4 heteroatoms. The Hall–Kier alpha value is -1.06. The van der Waals surface area contributed by atoms with Gasteiger partial charge in [0.1, 0.15) is 0 Å². The monoisotopic (exact) mass is 793 g/mol. The predicted octanol–water partition coefficient (Wildman–Crippen LogP) is 18.0. The van der Waals surface area contributed by atoms with E-state index in [1.54, 1.807) is 0 Å². The number of carbonyl (C=O) groups excluding carboxylic acids is 1. The first kappa shape index (κ1) is 57.0. The normalized spacial score (nSPS) is 13.6. The van der Waals surface area contributed by atoms with Crippen LogP contribution in [-0.4, -0.2) is 23.7 Å². The van der Waals surface area contributed by atoms with E-state index < -0.39 is 11.4 Å². The van der Waals surface area contributed by atoms with E-state index >= 15 is 0 Å². The number of hydrogen-bond acceptors (Lipinski definition) is 3. The van der Waals surface area contributed by atoms with Crippen molar-refractivity contribution in [3.05, 3.63) is 0 Å². The molecule has 0 saturated heterocycles. The average molecular weight is 793 g/mol. The summed E-state index contributed by atoms with van der Waals surface area (Å²) in [6, 6.07) is 0. The van der Waals surface area contributed by atoms with Crippen LogP contribution in [0.15, 0.2) is 0 Å². The molecule has 4 nitrogen and oxygen atoms in total. The Labute approximate surface area is 353 Å². The molecule has 0 fully saturated rings. The molecule has 0 aliphatic heterocycles. The molecule has 0 heterocycles. The van der Waals surface area contributed by atoms with Crippen LogP contribution in [0.4, 0.5) is 0 Å². The first-order chi connectivity index (χ1) is 27.2. The molecule has 0 aromatic heterocycles. The molecule has 0 radical (unpaired) electrons. The van der Waals surface area contributed by atoms with Crippen molar-refractivity contribution in [3.8, 4) is 0 Å². The number of carboxylic acids is 1. The largest absolute Gasteiger partial charge is 0.481 e. The Morgan fingerprint density at radius 3 is 1.27 bits per heavy atom. The zero-order valence-electron chi connectivity index (χ0n) is 39.8. The van der Waals surface area contributed by atoms with Gasteiger partial charge in [-0.15, -0.1) is 0 Å². The first-order valence-corrected chi connectivity index (χ1v) is 25.6. The van der Waals surface area contributed by atoms with E-state index in [1.165, 1.54) is 167 Å². The zero-order chi connectivity index (χ0) is 42.0. The highest BCUT2D eigenvalue weighted by Crippen LogP contribution is 2.43. The van der Waals surface area contributed by atoms with E-state index in [-0.39, 0.29) is 11.9 Å². The lowest BCUT2D eigenvalue weighted by Gasteiger charge is -2.37. The molecule has 1 N–H and O–H groups in total. The lowest BCUT2D eigenvalue weighted by atomic mass is 9.66. The Bertz CT molecular complexity index is 809. The molecule has 0 spiro atoms. The number of hydrogen-bond donors (Lipinski definition) is 1. The lowest BCUT2D eigenvalue weighted by Crippen LogP contribution is -2.38. The van der Waals surface area contributed by atoms with E-state index in [0.29, 0.717) is 12.5 Å². The SMILES string of the molecule is CCCCC(CC)C(=O)OCCCCCCCCCCCCCCCC(C)C.CCCCCCCCCCC(CC)(C(=O)O)C(CCC)CCCCCCCC. The molecule has 0 aromatic carbocycles. The van der Waals surface area contributed by atoms with Gasteiger partial charge in [0, 0.05) is 0 Å². The second kappa shape index (κ2) is 43.5. The van der Waals surface area contributed by atoms with Gasteiger partial charge in [-0.1, -0.05) is 248 Å². The minimum Gasteiger partial charge on any atom is -0.481 e. The minimum absolute atomic E-state index is 0.0378. The summed E-state index contributed by atoms with van der Waals surface area (Å²) >= 11 is 0. The number of rotatable bonds is 42. The molecule has 0 aliphatic rings. The predicted molar refractivity (Wildman–Crippen MR) is 248 cm³/mol. The Kier molecular flexibility index (Phi) is 44.3. The van der Waals surface area contributed by atoms with Gasteiger partial charge < -0.3 is 9.84 Å². The highest BCUT2D eigenvalue weighted by atomic mass is 16.5. The first-order valence-electron chi connectivity index (χ1n) is 25.6. The van der Waals surface area contributed by atoms with E-state index in [2.05, 4.69) is 55.4 Å². The quantitative estimate of drug-likeness (QED) is 0.0494. The van der Waals surface area contributed by atoms with Gasteiger partial charge in [-0.05, 0) is 56.8 Å². The summed E-state index contributed by atoms with van der Waals surface area (Å²) in [7, 11) is 0. The Morgan fingerprint density at radius 2 is 0.875 bits per heavy atom. The fourth-order valence-electron chi connectivity index (χ4n) is 8.72. The zero-order valence-corrected chi connectivity index (χ0v) is 39.8. The van der Waals surface area contributed by atoms with Gasteiger partial charge >= 0.3 is 11.9 Å². The highest BCUT2D eigenvalue weighted by Gasteiger charge is 2.42. The van der Waals surface area contributed by atoms with Crippen molar-refractivity contribution in [2.45, 2.75) is 293 Å². The molecular weight excluding hydrogens is 689 g/mol. The van der Waals surface area contributed by atoms with Gasteiger partial charge in [-0.3, -0.25) is 9.59 Å². The minimum atomic E-state index is -0.526. The molecular formula is C52H104O4. The second-order valence-corrected chi connectivity index (χ2v) is 18.3. The Balaban J connectivity index is 0. The summed E-state index contributed by atoms with van der Waals surface area (Å²) in [6.07, 6.45) is 46.3. The standard InChI is InChI=1S/2C26H52O2/c1-5-7-22-25(6-2)26(27)28-23-20-18-16-14-12-10-8-9-11-13-15-17-19-21-24(3)4;1-5-9-11-13-15-16-18-20-23-26(8-4,25(27)28)24(21-7-3)22-19-17-14-12-10-6-2/h24-25H,5-23H2,1-4H3;24H,5-23H2,1-4H3,(H,27,28). The molecule has 3 atom stereocenters. The summed E-state index contributed by atoms with van der Waals surface area (Å²) in [5, 5.41) is 10.2. The van der Waals surface area contributed by atoms with Crippen LogP contribution in [-0.2, 0) is 14.3 Å². The van der Waals surface area contributed by atoms with Gasteiger partial charge in [-0.2, -0.15) is 0 Å². The van der Waals surface area contributed by atoms with Crippen LogP contribution in [0.1, 0.15) is 293 Å². The number of ether oxygens (including phenoxy) is 1. The third-order valence-electron chi connectivity index (χ3n) is 12.8.